The molecule has 0 spiro atoms. The van der Waals surface area contributed by atoms with Crippen molar-refractivity contribution in [3.8, 4) is 0 Å². The molecule has 3 heteroatoms. The van der Waals surface area contributed by atoms with E-state index in [1.54, 1.807) is 6.08 Å². The third kappa shape index (κ3) is 8.23. The number of ether oxygens (including phenoxy) is 1. The van der Waals surface area contributed by atoms with Crippen molar-refractivity contribution in [1.82, 2.24) is 10.2 Å². The van der Waals surface area contributed by atoms with Gasteiger partial charge in [0.2, 0.25) is 0 Å². The van der Waals surface area contributed by atoms with Gasteiger partial charge in [-0.1, -0.05) is 19.9 Å². The van der Waals surface area contributed by atoms with Crippen LogP contribution in [0.2, 0.25) is 0 Å². The van der Waals surface area contributed by atoms with Gasteiger partial charge in [0.15, 0.2) is 0 Å². The molecule has 14 heavy (non-hydrogen) atoms. The molecule has 0 amide bonds. The maximum atomic E-state index is 5.25. The van der Waals surface area contributed by atoms with Crippen molar-refractivity contribution in [3.63, 3.8) is 0 Å². The lowest BCUT2D eigenvalue weighted by atomic mass is 10.4. The molecule has 0 aliphatic rings. The molecular weight excluding hydrogens is 176 g/mol. The van der Waals surface area contributed by atoms with Crippen LogP contribution in [0.3, 0.4) is 0 Å². The van der Waals surface area contributed by atoms with Crippen LogP contribution in [-0.2, 0) is 4.74 Å². The van der Waals surface area contributed by atoms with Gasteiger partial charge < -0.3 is 15.0 Å². The lowest BCUT2D eigenvalue weighted by Gasteiger charge is -2.17. The molecule has 0 aliphatic carbocycles. The summed E-state index contributed by atoms with van der Waals surface area (Å²) in [6, 6.07) is 0. The summed E-state index contributed by atoms with van der Waals surface area (Å²) >= 11 is 0. The van der Waals surface area contributed by atoms with Crippen molar-refractivity contribution < 1.29 is 4.74 Å². The second-order valence-corrected chi connectivity index (χ2v) is 3.14. The van der Waals surface area contributed by atoms with Crippen LogP contribution in [0.1, 0.15) is 13.8 Å². The topological polar surface area (TPSA) is 24.5 Å². The fraction of sp³-hybridized carbons (Fsp3) is 0.818. The average molecular weight is 200 g/mol. The molecule has 3 nitrogen and oxygen atoms in total. The monoisotopic (exact) mass is 200 g/mol. The Morgan fingerprint density at radius 3 is 2.57 bits per heavy atom. The Kier molecular flexibility index (Phi) is 10.4. The number of likely N-dealkylation sites (N-methyl/N-ethyl adjacent to an activating group) is 1. The minimum Gasteiger partial charge on any atom is -0.376 e. The number of rotatable bonds is 10. The fourth-order valence-corrected chi connectivity index (χ4v) is 1.21. The van der Waals surface area contributed by atoms with E-state index in [4.69, 9.17) is 4.74 Å². The van der Waals surface area contributed by atoms with Gasteiger partial charge in [-0.15, -0.1) is 6.58 Å². The molecule has 84 valence electrons. The van der Waals surface area contributed by atoms with E-state index < -0.39 is 0 Å². The summed E-state index contributed by atoms with van der Waals surface area (Å²) in [5.41, 5.74) is 0. The molecule has 0 fully saturated rings. The Balaban J connectivity index is 3.08. The molecule has 0 bridgehead atoms. The van der Waals surface area contributed by atoms with Crippen LogP contribution in [0.25, 0.3) is 0 Å². The van der Waals surface area contributed by atoms with E-state index in [0.29, 0.717) is 6.61 Å². The van der Waals surface area contributed by atoms with E-state index in [1.165, 1.54) is 0 Å². The predicted molar refractivity (Wildman–Crippen MR) is 61.7 cm³/mol. The maximum Gasteiger partial charge on any atom is 0.0645 e. The SMILES string of the molecule is C=CCOCCNCCN(CC)CC. The van der Waals surface area contributed by atoms with E-state index in [-0.39, 0.29) is 0 Å². The normalized spacial score (nSPS) is 10.8. The molecule has 0 aromatic heterocycles. The first kappa shape index (κ1) is 13.6. The van der Waals surface area contributed by atoms with Crippen molar-refractivity contribution in [1.29, 1.82) is 0 Å². The second kappa shape index (κ2) is 10.7. The highest BCUT2D eigenvalue weighted by molar-refractivity contribution is 4.64. The highest BCUT2D eigenvalue weighted by atomic mass is 16.5. The van der Waals surface area contributed by atoms with E-state index in [2.05, 4.69) is 30.6 Å². The van der Waals surface area contributed by atoms with Crippen molar-refractivity contribution in [2.24, 2.45) is 0 Å². The number of hydrogen-bond donors (Lipinski definition) is 1. The Hall–Kier alpha value is -0.380. The van der Waals surface area contributed by atoms with Crippen LogP contribution >= 0.6 is 0 Å². The molecule has 0 heterocycles. The minimum absolute atomic E-state index is 0.651. The molecule has 0 atom stereocenters. The van der Waals surface area contributed by atoms with Crippen molar-refractivity contribution in [3.05, 3.63) is 12.7 Å². The number of hydrogen-bond acceptors (Lipinski definition) is 3. The van der Waals surface area contributed by atoms with Gasteiger partial charge >= 0.3 is 0 Å². The van der Waals surface area contributed by atoms with E-state index in [9.17, 15) is 0 Å². The van der Waals surface area contributed by atoms with E-state index in [0.717, 1.165) is 39.3 Å². The van der Waals surface area contributed by atoms with E-state index >= 15 is 0 Å². The Morgan fingerprint density at radius 1 is 1.29 bits per heavy atom. The zero-order valence-electron chi connectivity index (χ0n) is 9.59. The van der Waals surface area contributed by atoms with Crippen molar-refractivity contribution in [2.75, 3.05) is 45.9 Å². The first-order valence-electron chi connectivity index (χ1n) is 5.46. The molecule has 0 saturated carbocycles. The summed E-state index contributed by atoms with van der Waals surface area (Å²) in [4.78, 5) is 2.40. The zero-order chi connectivity index (χ0) is 10.6. The van der Waals surface area contributed by atoms with Gasteiger partial charge in [-0.05, 0) is 13.1 Å². The lowest BCUT2D eigenvalue weighted by Crippen LogP contribution is -2.33. The third-order valence-electron chi connectivity index (χ3n) is 2.16. The van der Waals surface area contributed by atoms with Gasteiger partial charge in [0.25, 0.3) is 0 Å². The standard InChI is InChI=1S/C11H24N2O/c1-4-10-14-11-8-12-7-9-13(5-2)6-3/h4,12H,1,5-11H2,2-3H3. The van der Waals surface area contributed by atoms with Gasteiger partial charge in [0.1, 0.15) is 0 Å². The smallest absolute Gasteiger partial charge is 0.0645 e. The predicted octanol–water partition coefficient (Wildman–Crippen LogP) is 1.12. The second-order valence-electron chi connectivity index (χ2n) is 3.14. The Bertz CT molecular complexity index is 124. The molecule has 0 radical (unpaired) electrons. The van der Waals surface area contributed by atoms with Gasteiger partial charge in [-0.2, -0.15) is 0 Å². The highest BCUT2D eigenvalue weighted by Crippen LogP contribution is 1.83. The molecule has 0 saturated heterocycles. The zero-order valence-corrected chi connectivity index (χ0v) is 9.59. The van der Waals surface area contributed by atoms with E-state index in [1.807, 2.05) is 0 Å². The first-order valence-corrected chi connectivity index (χ1v) is 5.46. The summed E-state index contributed by atoms with van der Waals surface area (Å²) in [7, 11) is 0. The molecule has 0 aromatic rings. The summed E-state index contributed by atoms with van der Waals surface area (Å²) in [6.45, 7) is 14.7. The number of nitrogens with one attached hydrogen (secondary N) is 1. The van der Waals surface area contributed by atoms with Crippen LogP contribution in [0.4, 0.5) is 0 Å². The molecule has 0 aliphatic heterocycles. The van der Waals surface area contributed by atoms with Crippen molar-refractivity contribution >= 4 is 0 Å². The lowest BCUT2D eigenvalue weighted by molar-refractivity contribution is 0.163. The minimum atomic E-state index is 0.651. The van der Waals surface area contributed by atoms with Crippen LogP contribution in [0.15, 0.2) is 12.7 Å². The fourth-order valence-electron chi connectivity index (χ4n) is 1.21. The van der Waals surface area contributed by atoms with Gasteiger partial charge in [-0.25, -0.2) is 0 Å². The van der Waals surface area contributed by atoms with Crippen molar-refractivity contribution in [2.45, 2.75) is 13.8 Å². The van der Waals surface area contributed by atoms with Crippen LogP contribution in [0.5, 0.6) is 0 Å². The average Bonchev–Trinajstić information content (AvgIpc) is 2.22. The first-order chi connectivity index (χ1) is 6.85. The van der Waals surface area contributed by atoms with Crippen LogP contribution in [-0.4, -0.2) is 50.8 Å². The molecule has 1 N–H and O–H groups in total. The summed E-state index contributed by atoms with van der Waals surface area (Å²) in [5.74, 6) is 0. The van der Waals surface area contributed by atoms with Gasteiger partial charge in [-0.3, -0.25) is 0 Å². The largest absolute Gasteiger partial charge is 0.376 e. The molecular formula is C11H24N2O. The maximum absolute atomic E-state index is 5.25. The third-order valence-corrected chi connectivity index (χ3v) is 2.16. The summed E-state index contributed by atoms with van der Waals surface area (Å²) < 4.78 is 5.25. The van der Waals surface area contributed by atoms with Crippen LogP contribution in [0, 0.1) is 0 Å². The van der Waals surface area contributed by atoms with Gasteiger partial charge in [0, 0.05) is 19.6 Å². The number of nitrogens with zero attached hydrogens (tertiary/aromatic N) is 1. The molecule has 0 unspecified atom stereocenters. The Labute approximate surface area is 88.1 Å². The Morgan fingerprint density at radius 2 is 2.00 bits per heavy atom. The molecule has 0 aromatic carbocycles. The summed E-state index contributed by atoms with van der Waals surface area (Å²) in [5, 5.41) is 3.34. The van der Waals surface area contributed by atoms with Crippen LogP contribution < -0.4 is 5.32 Å². The molecule has 0 rings (SSSR count). The summed E-state index contributed by atoms with van der Waals surface area (Å²) in [6.07, 6.45) is 1.77. The quantitative estimate of drug-likeness (QED) is 0.422. The van der Waals surface area contributed by atoms with Gasteiger partial charge in [0.05, 0.1) is 13.2 Å². The highest BCUT2D eigenvalue weighted by Gasteiger charge is 1.96.